The number of fused-ring (bicyclic) bond motifs is 1. The molecule has 2 aromatic heterocycles. The zero-order chi connectivity index (χ0) is 14.3. The van der Waals surface area contributed by atoms with Gasteiger partial charge < -0.3 is 19.7 Å². The number of anilines is 1. The fraction of sp³-hybridized carbons (Fsp3) is 0.462. The van der Waals surface area contributed by atoms with E-state index in [4.69, 9.17) is 0 Å². The van der Waals surface area contributed by atoms with Gasteiger partial charge in [-0.15, -0.1) is 11.3 Å². The fourth-order valence-corrected chi connectivity index (χ4v) is 3.57. The minimum absolute atomic E-state index is 0.251. The number of carboxylic acids is 1. The summed E-state index contributed by atoms with van der Waals surface area (Å²) >= 11 is 1.17. The second kappa shape index (κ2) is 4.99. The normalized spacial score (nSPS) is 16.8. The number of aryl methyl sites for hydroxylation is 1. The van der Waals surface area contributed by atoms with Crippen molar-refractivity contribution in [3.05, 3.63) is 16.8 Å². The molecule has 3 heterocycles. The molecule has 1 aliphatic rings. The molecule has 7 heteroatoms. The van der Waals surface area contributed by atoms with Crippen molar-refractivity contribution in [1.82, 2.24) is 9.97 Å². The van der Waals surface area contributed by atoms with Gasteiger partial charge in [0, 0.05) is 0 Å². The van der Waals surface area contributed by atoms with Gasteiger partial charge in [-0.3, -0.25) is 0 Å². The fourth-order valence-electron chi connectivity index (χ4n) is 2.59. The van der Waals surface area contributed by atoms with E-state index in [0.29, 0.717) is 5.56 Å². The van der Waals surface area contributed by atoms with Gasteiger partial charge in [-0.2, -0.15) is 0 Å². The lowest BCUT2D eigenvalue weighted by atomic mass is 10.2. The van der Waals surface area contributed by atoms with E-state index in [1.807, 2.05) is 0 Å². The number of rotatable bonds is 2. The molecule has 1 fully saturated rings. The summed E-state index contributed by atoms with van der Waals surface area (Å²) in [4.78, 5) is 24.4. The summed E-state index contributed by atoms with van der Waals surface area (Å²) < 4.78 is 0. The Morgan fingerprint density at radius 3 is 2.75 bits per heavy atom. The van der Waals surface area contributed by atoms with Gasteiger partial charge in [0.2, 0.25) is 0 Å². The molecule has 3 rings (SSSR count). The molecule has 0 aliphatic carbocycles. The van der Waals surface area contributed by atoms with E-state index in [1.54, 1.807) is 6.92 Å². The molecule has 1 saturated heterocycles. The third kappa shape index (κ3) is 2.12. The van der Waals surface area contributed by atoms with Crippen LogP contribution in [0.3, 0.4) is 0 Å². The van der Waals surface area contributed by atoms with Gasteiger partial charge in [0.15, 0.2) is 0 Å². The third-order valence-electron chi connectivity index (χ3n) is 3.81. The maximum Gasteiger partial charge on any atom is 0.141 e. The number of carbonyl (C=O) groups is 1. The molecule has 1 N–H and O–H groups in total. The van der Waals surface area contributed by atoms with Gasteiger partial charge in [0.1, 0.15) is 17.0 Å². The smallest absolute Gasteiger partial charge is 0.141 e. The van der Waals surface area contributed by atoms with E-state index in [-0.39, 0.29) is 4.88 Å². The molecule has 0 spiro atoms. The van der Waals surface area contributed by atoms with Crippen molar-refractivity contribution in [2.75, 3.05) is 38.1 Å². The lowest BCUT2D eigenvalue weighted by Gasteiger charge is -2.31. The van der Waals surface area contributed by atoms with E-state index >= 15 is 0 Å². The molecular formula is C13H16N4O2S. The second-order valence-electron chi connectivity index (χ2n) is 5.17. The van der Waals surface area contributed by atoms with Crippen molar-refractivity contribution >= 4 is 33.3 Å². The average molecular weight is 292 g/mol. The molecule has 0 amide bonds. The Bertz CT molecular complexity index is 662. The molecule has 0 bridgehead atoms. The topological polar surface area (TPSA) is 73.6 Å². The van der Waals surface area contributed by atoms with Crippen molar-refractivity contribution in [2.45, 2.75) is 6.92 Å². The van der Waals surface area contributed by atoms with Gasteiger partial charge in [-0.1, -0.05) is 0 Å². The summed E-state index contributed by atoms with van der Waals surface area (Å²) in [5, 5.41) is 12.0. The van der Waals surface area contributed by atoms with Gasteiger partial charge >= 0.3 is 0 Å². The minimum atomic E-state index is -1.14. The molecule has 0 atom stereocenters. The quantitative estimate of drug-likeness (QED) is 0.745. The highest BCUT2D eigenvalue weighted by molar-refractivity contribution is 7.20. The van der Waals surface area contributed by atoms with E-state index in [2.05, 4.69) is 21.9 Å². The van der Waals surface area contributed by atoms with Crippen LogP contribution in [-0.4, -0.2) is 49.2 Å². The number of aromatic nitrogens is 2. The van der Waals surface area contributed by atoms with Crippen LogP contribution in [0.5, 0.6) is 0 Å². The number of carbonyl (C=O) groups excluding carboxylic acids is 1. The van der Waals surface area contributed by atoms with Gasteiger partial charge in [-0.05, 0) is 12.5 Å². The highest BCUT2D eigenvalue weighted by Gasteiger charge is 2.22. The molecule has 0 saturated carbocycles. The predicted molar refractivity (Wildman–Crippen MR) is 75.3 cm³/mol. The molecule has 0 aromatic carbocycles. The van der Waals surface area contributed by atoms with E-state index in [0.717, 1.165) is 42.2 Å². The molecule has 6 nitrogen and oxygen atoms in total. The Kier molecular flexibility index (Phi) is 3.31. The summed E-state index contributed by atoms with van der Waals surface area (Å²) in [6.07, 6.45) is 1.51. The van der Waals surface area contributed by atoms with Gasteiger partial charge in [-0.25, -0.2) is 9.97 Å². The highest BCUT2D eigenvalue weighted by Crippen LogP contribution is 2.34. The first kappa shape index (κ1) is 13.3. The Balaban J connectivity index is 2.09. The first-order chi connectivity index (χ1) is 9.58. The molecule has 1 aliphatic heterocycles. The van der Waals surface area contributed by atoms with E-state index in [1.165, 1.54) is 22.6 Å². The van der Waals surface area contributed by atoms with Crippen LogP contribution < -0.4 is 14.9 Å². The van der Waals surface area contributed by atoms with Crippen molar-refractivity contribution < 1.29 is 14.8 Å². The van der Waals surface area contributed by atoms with Crippen LogP contribution >= 0.6 is 11.3 Å². The molecule has 0 radical (unpaired) electrons. The number of nitrogens with zero attached hydrogens (tertiary/aromatic N) is 3. The Hall–Kier alpha value is -1.73. The maximum atomic E-state index is 11.2. The van der Waals surface area contributed by atoms with Crippen LogP contribution in [-0.2, 0) is 0 Å². The Morgan fingerprint density at radius 2 is 2.10 bits per heavy atom. The molecule has 0 unspecified atom stereocenters. The van der Waals surface area contributed by atoms with Crippen LogP contribution in [0.25, 0.3) is 10.2 Å². The zero-order valence-corrected chi connectivity index (χ0v) is 12.3. The summed E-state index contributed by atoms with van der Waals surface area (Å²) in [6, 6.07) is 0. The van der Waals surface area contributed by atoms with E-state index in [9.17, 15) is 9.90 Å². The number of hydrogen-bond donors (Lipinski definition) is 1. The molecular weight excluding hydrogens is 276 g/mol. The predicted octanol–water partition coefficient (Wildman–Crippen LogP) is -1.30. The Morgan fingerprint density at radius 1 is 1.40 bits per heavy atom. The number of carboxylic acid groups (broad SMARTS) is 1. The number of piperazine rings is 1. The average Bonchev–Trinajstić information content (AvgIpc) is 2.77. The second-order valence-corrected chi connectivity index (χ2v) is 6.16. The van der Waals surface area contributed by atoms with Gasteiger partial charge in [0.05, 0.1) is 49.5 Å². The van der Waals surface area contributed by atoms with Crippen molar-refractivity contribution in [1.29, 1.82) is 0 Å². The molecule has 20 heavy (non-hydrogen) atoms. The first-order valence-electron chi connectivity index (χ1n) is 6.59. The number of nitrogens with one attached hydrogen (secondary N) is 1. The SMILES string of the molecule is Cc1c(C(=O)[O-])sc2ncnc(N3CC[NH+](C)CC3)c12. The Labute approximate surface area is 120 Å². The number of thiophene rings is 1. The van der Waals surface area contributed by atoms with E-state index < -0.39 is 5.97 Å². The maximum absolute atomic E-state index is 11.2. The first-order valence-corrected chi connectivity index (χ1v) is 7.41. The summed E-state index contributed by atoms with van der Waals surface area (Å²) in [5.74, 6) is -0.289. The van der Waals surface area contributed by atoms with Crippen LogP contribution in [0.1, 0.15) is 15.2 Å². The van der Waals surface area contributed by atoms with Crippen LogP contribution in [0, 0.1) is 6.92 Å². The number of quaternary nitrogens is 1. The largest absolute Gasteiger partial charge is 0.544 e. The summed E-state index contributed by atoms with van der Waals surface area (Å²) in [6.45, 7) is 5.77. The highest BCUT2D eigenvalue weighted by atomic mass is 32.1. The van der Waals surface area contributed by atoms with Crippen LogP contribution in [0.4, 0.5) is 5.82 Å². The van der Waals surface area contributed by atoms with Crippen molar-refractivity contribution in [2.24, 2.45) is 0 Å². The van der Waals surface area contributed by atoms with Crippen LogP contribution in [0.15, 0.2) is 6.33 Å². The lowest BCUT2D eigenvalue weighted by molar-refractivity contribution is -0.880. The monoisotopic (exact) mass is 292 g/mol. The summed E-state index contributed by atoms with van der Waals surface area (Å²) in [7, 11) is 2.18. The number of aromatic carboxylic acids is 1. The van der Waals surface area contributed by atoms with Crippen molar-refractivity contribution in [3.8, 4) is 0 Å². The standard InChI is InChI=1S/C13H16N4O2S/c1-8-9-11(17-5-3-16(2)4-6-17)14-7-15-12(9)20-10(8)13(18)19/h7H,3-6H2,1-2H3,(H,18,19). The van der Waals surface area contributed by atoms with Gasteiger partial charge in [0.25, 0.3) is 0 Å². The molecule has 2 aromatic rings. The minimum Gasteiger partial charge on any atom is -0.544 e. The number of likely N-dealkylation sites (N-methyl/N-ethyl adjacent to an activating group) is 1. The third-order valence-corrected chi connectivity index (χ3v) is 4.99. The molecule has 106 valence electrons. The van der Waals surface area contributed by atoms with Crippen molar-refractivity contribution in [3.63, 3.8) is 0 Å². The zero-order valence-electron chi connectivity index (χ0n) is 11.5. The van der Waals surface area contributed by atoms with Crippen LogP contribution in [0.2, 0.25) is 0 Å². The summed E-state index contributed by atoms with van der Waals surface area (Å²) in [5.41, 5.74) is 0.715. The number of hydrogen-bond acceptors (Lipinski definition) is 6. The lowest BCUT2D eigenvalue weighted by Crippen LogP contribution is -3.12.